The molecule has 5 rings (SSSR count). The number of aromatic nitrogens is 3. The molecule has 0 amide bonds. The van der Waals surface area contributed by atoms with Crippen molar-refractivity contribution in [3.05, 3.63) is 84.8 Å². The quantitative estimate of drug-likeness (QED) is 0.428. The summed E-state index contributed by atoms with van der Waals surface area (Å²) in [5.41, 5.74) is 0.618. The van der Waals surface area contributed by atoms with Crippen molar-refractivity contribution < 1.29 is 13.6 Å². The van der Waals surface area contributed by atoms with E-state index in [2.05, 4.69) is 27.3 Å². The minimum Gasteiger partial charge on any atom is -0.485 e. The van der Waals surface area contributed by atoms with Crippen molar-refractivity contribution in [1.82, 2.24) is 15.2 Å². The second-order valence-corrected chi connectivity index (χ2v) is 6.16. The van der Waals surface area contributed by atoms with E-state index in [1.807, 2.05) is 54.6 Å². The predicted octanol–water partition coefficient (Wildman–Crippen LogP) is 5.12. The molecule has 0 radical (unpaired) electrons. The van der Waals surface area contributed by atoms with Crippen LogP contribution in [0.3, 0.4) is 0 Å². The first-order chi connectivity index (χ1) is 13.9. The van der Waals surface area contributed by atoms with Gasteiger partial charge in [-0.1, -0.05) is 42.5 Å². The molecule has 0 aliphatic carbocycles. The summed E-state index contributed by atoms with van der Waals surface area (Å²) in [6.45, 7) is 0.301. The summed E-state index contributed by atoms with van der Waals surface area (Å²) in [6, 6.07) is 23.2. The van der Waals surface area contributed by atoms with E-state index < -0.39 is 0 Å². The summed E-state index contributed by atoms with van der Waals surface area (Å²) in [7, 11) is 0. The average Bonchev–Trinajstić information content (AvgIpc) is 3.42. The van der Waals surface area contributed by atoms with Crippen molar-refractivity contribution in [2.45, 2.75) is 6.61 Å². The first kappa shape index (κ1) is 16.3. The molecule has 6 heteroatoms. The molecule has 0 aliphatic heterocycles. The highest BCUT2D eigenvalue weighted by Crippen LogP contribution is 2.28. The lowest BCUT2D eigenvalue weighted by molar-refractivity contribution is 0.274. The molecule has 0 aliphatic rings. The number of benzene rings is 2. The number of rotatable bonds is 5. The molecule has 5 aromatic rings. The van der Waals surface area contributed by atoms with Crippen LogP contribution in [0.15, 0.2) is 87.8 Å². The second kappa shape index (κ2) is 7.00. The highest BCUT2D eigenvalue weighted by Gasteiger charge is 2.15. The molecule has 2 aromatic carbocycles. The number of hydrogen-bond donors (Lipinski definition) is 0. The van der Waals surface area contributed by atoms with E-state index in [0.29, 0.717) is 35.6 Å². The molecular weight excluding hydrogens is 354 g/mol. The van der Waals surface area contributed by atoms with Crippen molar-refractivity contribution in [1.29, 1.82) is 0 Å². The maximum atomic E-state index is 5.96. The monoisotopic (exact) mass is 369 g/mol. The van der Waals surface area contributed by atoms with Crippen LogP contribution in [-0.4, -0.2) is 15.2 Å². The summed E-state index contributed by atoms with van der Waals surface area (Å²) in [5.74, 6) is 2.62. The lowest BCUT2D eigenvalue weighted by Crippen LogP contribution is -1.94. The van der Waals surface area contributed by atoms with Gasteiger partial charge in [-0.15, -0.1) is 10.2 Å². The topological polar surface area (TPSA) is 74.2 Å². The van der Waals surface area contributed by atoms with Gasteiger partial charge in [0.05, 0.1) is 0 Å². The van der Waals surface area contributed by atoms with Gasteiger partial charge in [0, 0.05) is 11.6 Å². The molecule has 6 nitrogen and oxygen atoms in total. The third-order valence-corrected chi connectivity index (χ3v) is 4.30. The molecule has 0 spiro atoms. The summed E-state index contributed by atoms with van der Waals surface area (Å²) in [6.07, 6.45) is 1.68. The second-order valence-electron chi connectivity index (χ2n) is 6.16. The number of fused-ring (bicyclic) bond motifs is 1. The molecule has 0 bridgehead atoms. The van der Waals surface area contributed by atoms with Gasteiger partial charge in [-0.05, 0) is 35.7 Å². The van der Waals surface area contributed by atoms with E-state index >= 15 is 0 Å². The zero-order chi connectivity index (χ0) is 18.8. The predicted molar refractivity (Wildman–Crippen MR) is 104 cm³/mol. The fourth-order valence-corrected chi connectivity index (χ4v) is 2.96. The first-order valence-corrected chi connectivity index (χ1v) is 8.81. The molecule has 0 atom stereocenters. The van der Waals surface area contributed by atoms with Gasteiger partial charge in [-0.25, -0.2) is 0 Å². The van der Waals surface area contributed by atoms with Crippen LogP contribution >= 0.6 is 0 Å². The summed E-state index contributed by atoms with van der Waals surface area (Å²) in [5, 5.41) is 10.3. The van der Waals surface area contributed by atoms with Gasteiger partial charge in [-0.2, -0.15) is 0 Å². The van der Waals surface area contributed by atoms with Crippen LogP contribution in [0.1, 0.15) is 5.76 Å². The number of hydrogen-bond acceptors (Lipinski definition) is 6. The van der Waals surface area contributed by atoms with Crippen molar-refractivity contribution in [2.24, 2.45) is 0 Å². The number of pyridine rings is 1. The van der Waals surface area contributed by atoms with Gasteiger partial charge in [0.1, 0.15) is 23.8 Å². The molecule has 0 saturated heterocycles. The Kier molecular flexibility index (Phi) is 4.06. The van der Waals surface area contributed by atoms with Gasteiger partial charge in [0.25, 0.3) is 11.8 Å². The van der Waals surface area contributed by atoms with Gasteiger partial charge >= 0.3 is 0 Å². The Labute approximate surface area is 160 Å². The zero-order valence-electron chi connectivity index (χ0n) is 14.8. The molecule has 0 unspecified atom stereocenters. The Morgan fingerprint density at radius 2 is 1.61 bits per heavy atom. The minimum atomic E-state index is 0.301. The smallest absolute Gasteiger partial charge is 0.283 e. The number of ether oxygens (including phenoxy) is 1. The Balaban J connectivity index is 1.33. The summed E-state index contributed by atoms with van der Waals surface area (Å²) < 4.78 is 17.4. The van der Waals surface area contributed by atoms with E-state index in [9.17, 15) is 0 Å². The van der Waals surface area contributed by atoms with Crippen LogP contribution in [-0.2, 0) is 6.61 Å². The SMILES string of the molecule is c1ccc(-c2nnc(-c3ccc(COc4cccc5ccccc45)o3)o2)nc1. The van der Waals surface area contributed by atoms with Crippen LogP contribution in [0.4, 0.5) is 0 Å². The van der Waals surface area contributed by atoms with Crippen LogP contribution in [0.25, 0.3) is 34.0 Å². The molecule has 3 heterocycles. The van der Waals surface area contributed by atoms with Crippen LogP contribution in [0, 0.1) is 0 Å². The van der Waals surface area contributed by atoms with Crippen molar-refractivity contribution >= 4 is 10.8 Å². The Hall–Kier alpha value is -3.93. The van der Waals surface area contributed by atoms with E-state index in [4.69, 9.17) is 13.6 Å². The average molecular weight is 369 g/mol. The lowest BCUT2D eigenvalue weighted by Gasteiger charge is -2.07. The van der Waals surface area contributed by atoms with Crippen molar-refractivity contribution in [3.63, 3.8) is 0 Å². The summed E-state index contributed by atoms with van der Waals surface area (Å²) in [4.78, 5) is 4.20. The highest BCUT2D eigenvalue weighted by atomic mass is 16.5. The van der Waals surface area contributed by atoms with E-state index in [0.717, 1.165) is 16.5 Å². The third kappa shape index (κ3) is 3.12. The number of furan rings is 1. The minimum absolute atomic E-state index is 0.301. The van der Waals surface area contributed by atoms with Crippen LogP contribution in [0.2, 0.25) is 0 Å². The largest absolute Gasteiger partial charge is 0.485 e. The van der Waals surface area contributed by atoms with Crippen LogP contribution < -0.4 is 4.74 Å². The van der Waals surface area contributed by atoms with E-state index in [1.165, 1.54) is 0 Å². The van der Waals surface area contributed by atoms with Gasteiger partial charge < -0.3 is 13.6 Å². The molecule has 28 heavy (non-hydrogen) atoms. The normalized spacial score (nSPS) is 11.0. The molecular formula is C22H15N3O3. The fourth-order valence-electron chi connectivity index (χ4n) is 2.96. The maximum absolute atomic E-state index is 5.96. The maximum Gasteiger partial charge on any atom is 0.283 e. The molecule has 0 N–H and O–H groups in total. The van der Waals surface area contributed by atoms with E-state index in [1.54, 1.807) is 12.3 Å². The van der Waals surface area contributed by atoms with Gasteiger partial charge in [0.2, 0.25) is 0 Å². The Morgan fingerprint density at radius 1 is 0.750 bits per heavy atom. The molecule has 0 fully saturated rings. The molecule has 136 valence electrons. The molecule has 0 saturated carbocycles. The van der Waals surface area contributed by atoms with Crippen molar-refractivity contribution in [3.8, 4) is 29.0 Å². The lowest BCUT2D eigenvalue weighted by atomic mass is 10.1. The van der Waals surface area contributed by atoms with Gasteiger partial charge in [-0.3, -0.25) is 4.98 Å². The Morgan fingerprint density at radius 3 is 2.54 bits per heavy atom. The standard InChI is InChI=1S/C22H15N3O3/c1-2-8-17-15(6-1)7-5-10-19(17)26-14-16-11-12-20(27-16)22-25-24-21(28-22)18-9-3-4-13-23-18/h1-13H,14H2. The molecule has 3 aromatic heterocycles. The Bertz CT molecular complexity index is 1220. The van der Waals surface area contributed by atoms with E-state index in [-0.39, 0.29) is 0 Å². The van der Waals surface area contributed by atoms with Gasteiger partial charge in [0.15, 0.2) is 5.76 Å². The third-order valence-electron chi connectivity index (χ3n) is 4.30. The number of nitrogens with zero attached hydrogens (tertiary/aromatic N) is 3. The summed E-state index contributed by atoms with van der Waals surface area (Å²) >= 11 is 0. The highest BCUT2D eigenvalue weighted by molar-refractivity contribution is 5.88. The first-order valence-electron chi connectivity index (χ1n) is 8.81. The fraction of sp³-hybridized carbons (Fsp3) is 0.0455. The zero-order valence-corrected chi connectivity index (χ0v) is 14.8. The van der Waals surface area contributed by atoms with Crippen LogP contribution in [0.5, 0.6) is 5.75 Å². The van der Waals surface area contributed by atoms with Crippen molar-refractivity contribution in [2.75, 3.05) is 0 Å².